The third-order valence-electron chi connectivity index (χ3n) is 6.16. The Hall–Kier alpha value is -3.50. The fourth-order valence-corrected chi connectivity index (χ4v) is 4.78. The van der Waals surface area contributed by atoms with E-state index in [1.807, 2.05) is 32.6 Å². The molecule has 3 heterocycles. The summed E-state index contributed by atoms with van der Waals surface area (Å²) in [6.45, 7) is 8.46. The largest absolute Gasteiger partial charge is 0.478 e. The topological polar surface area (TPSA) is 105 Å². The number of pyridine rings is 2. The predicted molar refractivity (Wildman–Crippen MR) is 142 cm³/mol. The fourth-order valence-electron chi connectivity index (χ4n) is 4.52. The summed E-state index contributed by atoms with van der Waals surface area (Å²) in [6.07, 6.45) is -0.401. The number of anilines is 1. The lowest BCUT2D eigenvalue weighted by molar-refractivity contribution is 0.0218. The van der Waals surface area contributed by atoms with Crippen molar-refractivity contribution in [1.82, 2.24) is 14.9 Å². The fraction of sp³-hybridized carbons (Fsp3) is 0.407. The van der Waals surface area contributed by atoms with Crippen LogP contribution in [0.5, 0.6) is 0 Å². The smallest absolute Gasteiger partial charge is 0.410 e. The van der Waals surface area contributed by atoms with Gasteiger partial charge in [0.15, 0.2) is 0 Å². The standard InChI is InChI=1S/C27H30ClFN4O5/c1-15-13-32(26(36)38-27(2,3)4)10-11-33(15)24-17-12-18(28)22(16-8-6-7-9-19(16)29)31-23(17)21(25(34)35)20(30-24)14-37-5/h6-9,12,15H,10-11,13-14H2,1-5H3,(H,34,35)/t15-/m0/s1. The van der Waals surface area contributed by atoms with E-state index in [-0.39, 0.29) is 45.7 Å². The summed E-state index contributed by atoms with van der Waals surface area (Å²) < 4.78 is 25.4. The van der Waals surface area contributed by atoms with Gasteiger partial charge in [0, 0.05) is 43.7 Å². The van der Waals surface area contributed by atoms with Gasteiger partial charge in [-0.15, -0.1) is 0 Å². The van der Waals surface area contributed by atoms with Crippen molar-refractivity contribution in [3.63, 3.8) is 0 Å². The van der Waals surface area contributed by atoms with Crippen LogP contribution in [0, 0.1) is 5.82 Å². The Morgan fingerprint density at radius 1 is 1.21 bits per heavy atom. The molecule has 1 aliphatic rings. The van der Waals surface area contributed by atoms with Gasteiger partial charge in [-0.1, -0.05) is 23.7 Å². The van der Waals surface area contributed by atoms with E-state index in [9.17, 15) is 19.1 Å². The Morgan fingerprint density at radius 2 is 1.92 bits per heavy atom. The summed E-state index contributed by atoms with van der Waals surface area (Å²) in [5, 5.41) is 10.7. The average molecular weight is 545 g/mol. The molecule has 1 amide bonds. The Labute approximate surface area is 225 Å². The first-order valence-electron chi connectivity index (χ1n) is 12.2. The van der Waals surface area contributed by atoms with E-state index >= 15 is 0 Å². The lowest BCUT2D eigenvalue weighted by atomic mass is 10.0. The molecule has 3 aromatic rings. The van der Waals surface area contributed by atoms with Crippen LogP contribution in [0.2, 0.25) is 5.02 Å². The number of carbonyl (C=O) groups excluding carboxylic acids is 1. The third-order valence-corrected chi connectivity index (χ3v) is 6.45. The van der Waals surface area contributed by atoms with Crippen LogP contribution in [0.3, 0.4) is 0 Å². The number of carboxylic acids is 1. The van der Waals surface area contributed by atoms with Gasteiger partial charge in [0.1, 0.15) is 22.8 Å². The minimum Gasteiger partial charge on any atom is -0.478 e. The van der Waals surface area contributed by atoms with E-state index in [2.05, 4.69) is 9.97 Å². The van der Waals surface area contributed by atoms with Crippen LogP contribution in [-0.2, 0) is 16.1 Å². The first kappa shape index (κ1) is 27.5. The normalized spacial score (nSPS) is 16.1. The number of hydrogen-bond acceptors (Lipinski definition) is 7. The highest BCUT2D eigenvalue weighted by Gasteiger charge is 2.33. The highest BCUT2D eigenvalue weighted by molar-refractivity contribution is 6.34. The van der Waals surface area contributed by atoms with Gasteiger partial charge in [0.2, 0.25) is 0 Å². The molecule has 11 heteroatoms. The van der Waals surface area contributed by atoms with Gasteiger partial charge >= 0.3 is 12.1 Å². The molecule has 1 aromatic carbocycles. The second kappa shape index (κ2) is 10.7. The highest BCUT2D eigenvalue weighted by atomic mass is 35.5. The Morgan fingerprint density at radius 3 is 2.53 bits per heavy atom. The molecule has 38 heavy (non-hydrogen) atoms. The number of hydrogen-bond donors (Lipinski definition) is 1. The van der Waals surface area contributed by atoms with Crippen molar-refractivity contribution in [2.24, 2.45) is 0 Å². The lowest BCUT2D eigenvalue weighted by Crippen LogP contribution is -2.55. The zero-order chi connectivity index (χ0) is 27.8. The zero-order valence-corrected chi connectivity index (χ0v) is 22.7. The van der Waals surface area contributed by atoms with Crippen molar-refractivity contribution in [1.29, 1.82) is 0 Å². The van der Waals surface area contributed by atoms with Crippen LogP contribution in [-0.4, -0.2) is 70.4 Å². The summed E-state index contributed by atoms with van der Waals surface area (Å²) in [6, 6.07) is 7.40. The second-order valence-corrected chi connectivity index (χ2v) is 10.6. The quantitative estimate of drug-likeness (QED) is 0.456. The van der Waals surface area contributed by atoms with Gasteiger partial charge in [0.25, 0.3) is 0 Å². The van der Waals surface area contributed by atoms with E-state index in [1.165, 1.54) is 19.2 Å². The minimum absolute atomic E-state index is 0.0732. The van der Waals surface area contributed by atoms with Crippen LogP contribution in [0.4, 0.5) is 15.0 Å². The number of benzene rings is 1. The number of ether oxygens (including phenoxy) is 2. The van der Waals surface area contributed by atoms with Crippen molar-refractivity contribution in [2.45, 2.75) is 45.9 Å². The van der Waals surface area contributed by atoms with Gasteiger partial charge < -0.3 is 24.4 Å². The van der Waals surface area contributed by atoms with Gasteiger partial charge in [-0.05, 0) is 45.9 Å². The lowest BCUT2D eigenvalue weighted by Gasteiger charge is -2.41. The molecule has 4 rings (SSSR count). The number of fused-ring (bicyclic) bond motifs is 1. The number of rotatable bonds is 5. The molecule has 0 unspecified atom stereocenters. The summed E-state index contributed by atoms with van der Waals surface area (Å²) in [5.74, 6) is -1.31. The van der Waals surface area contributed by atoms with Crippen LogP contribution < -0.4 is 4.90 Å². The van der Waals surface area contributed by atoms with Crippen LogP contribution in [0.1, 0.15) is 43.7 Å². The van der Waals surface area contributed by atoms with E-state index in [0.717, 1.165) is 0 Å². The Balaban J connectivity index is 1.85. The molecule has 1 fully saturated rings. The van der Waals surface area contributed by atoms with Crippen molar-refractivity contribution >= 4 is 40.4 Å². The van der Waals surface area contributed by atoms with Crippen LogP contribution in [0.25, 0.3) is 22.2 Å². The molecule has 0 saturated carbocycles. The number of methoxy groups -OCH3 is 1. The Bertz CT molecular complexity index is 1390. The SMILES string of the molecule is COCc1nc(N2CCN(C(=O)OC(C)(C)C)C[C@@H]2C)c2cc(Cl)c(-c3ccccc3F)nc2c1C(=O)O. The van der Waals surface area contributed by atoms with Crippen molar-refractivity contribution in [2.75, 3.05) is 31.6 Å². The van der Waals surface area contributed by atoms with Crippen LogP contribution >= 0.6 is 11.6 Å². The van der Waals surface area contributed by atoms with E-state index < -0.39 is 23.5 Å². The molecular weight excluding hydrogens is 515 g/mol. The van der Waals surface area contributed by atoms with E-state index in [0.29, 0.717) is 30.8 Å². The van der Waals surface area contributed by atoms with Crippen molar-refractivity contribution in [3.05, 3.63) is 52.4 Å². The molecule has 1 atom stereocenters. The maximum absolute atomic E-state index is 14.6. The molecule has 1 saturated heterocycles. The number of piperazine rings is 1. The van der Waals surface area contributed by atoms with Crippen molar-refractivity contribution < 1.29 is 28.6 Å². The third kappa shape index (κ3) is 5.51. The van der Waals surface area contributed by atoms with Crippen LogP contribution in [0.15, 0.2) is 30.3 Å². The van der Waals surface area contributed by atoms with Gasteiger partial charge in [-0.3, -0.25) is 0 Å². The van der Waals surface area contributed by atoms with E-state index in [1.54, 1.807) is 23.1 Å². The monoisotopic (exact) mass is 544 g/mol. The summed E-state index contributed by atoms with van der Waals surface area (Å²) in [7, 11) is 1.44. The maximum Gasteiger partial charge on any atom is 0.410 e. The maximum atomic E-state index is 14.6. The predicted octanol–water partition coefficient (Wildman–Crippen LogP) is 5.38. The molecule has 9 nitrogen and oxygen atoms in total. The minimum atomic E-state index is -1.24. The molecule has 202 valence electrons. The Kier molecular flexibility index (Phi) is 7.75. The number of carboxylic acid groups (broad SMARTS) is 1. The second-order valence-electron chi connectivity index (χ2n) is 10.2. The van der Waals surface area contributed by atoms with Crippen molar-refractivity contribution in [3.8, 4) is 11.3 Å². The number of aromatic nitrogens is 2. The molecule has 1 aliphatic heterocycles. The number of nitrogens with zero attached hydrogens (tertiary/aromatic N) is 4. The van der Waals surface area contributed by atoms with Gasteiger partial charge in [-0.25, -0.2) is 23.9 Å². The number of amides is 1. The molecule has 0 spiro atoms. The molecule has 2 aromatic heterocycles. The first-order valence-corrected chi connectivity index (χ1v) is 12.5. The summed E-state index contributed by atoms with van der Waals surface area (Å²) in [5.41, 5.74) is -0.169. The highest BCUT2D eigenvalue weighted by Crippen LogP contribution is 2.37. The average Bonchev–Trinajstić information content (AvgIpc) is 2.83. The first-order chi connectivity index (χ1) is 17.9. The van der Waals surface area contributed by atoms with E-state index in [4.69, 9.17) is 21.1 Å². The molecular formula is C27H30ClFN4O5. The molecule has 0 radical (unpaired) electrons. The number of aromatic carboxylic acids is 1. The molecule has 0 aliphatic carbocycles. The summed E-state index contributed by atoms with van der Waals surface area (Å²) in [4.78, 5) is 37.9. The van der Waals surface area contributed by atoms with Gasteiger partial charge in [-0.2, -0.15) is 0 Å². The summed E-state index contributed by atoms with van der Waals surface area (Å²) >= 11 is 6.60. The molecule has 0 bridgehead atoms. The zero-order valence-electron chi connectivity index (χ0n) is 21.9. The number of halogens is 2. The number of carbonyl (C=O) groups is 2. The van der Waals surface area contributed by atoms with Gasteiger partial charge in [0.05, 0.1) is 28.5 Å². The molecule has 1 N–H and O–H groups in total.